The third kappa shape index (κ3) is 1.81. The van der Waals surface area contributed by atoms with Crippen LogP contribution in [0.25, 0.3) is 0 Å². The number of nitrogens with zero attached hydrogens (tertiary/aromatic N) is 2. The lowest BCUT2D eigenvalue weighted by atomic mass is 9.82. The Hall–Kier alpha value is -0.860. The Morgan fingerprint density at radius 3 is 2.50 bits per heavy atom. The van der Waals surface area contributed by atoms with E-state index in [0.717, 1.165) is 11.7 Å². The molecule has 0 aliphatic heterocycles. The van der Waals surface area contributed by atoms with Gasteiger partial charge in [-0.05, 0) is 18.3 Å². The number of hydrogen-bond donors (Lipinski definition) is 0. The van der Waals surface area contributed by atoms with E-state index in [1.807, 2.05) is 0 Å². The third-order valence-corrected chi connectivity index (χ3v) is 3.07. The highest BCUT2D eigenvalue weighted by atomic mass is 16.5. The average Bonchev–Trinajstić information content (AvgIpc) is 2.82. The minimum absolute atomic E-state index is 0.188. The molecule has 1 aliphatic carbocycles. The molecule has 0 bridgehead atoms. The molecule has 1 fully saturated rings. The van der Waals surface area contributed by atoms with Crippen LogP contribution in [0.2, 0.25) is 0 Å². The van der Waals surface area contributed by atoms with Crippen molar-refractivity contribution in [3.05, 3.63) is 11.7 Å². The van der Waals surface area contributed by atoms with Gasteiger partial charge in [-0.1, -0.05) is 32.9 Å². The molecule has 14 heavy (non-hydrogen) atoms. The second-order valence-electron chi connectivity index (χ2n) is 5.35. The van der Waals surface area contributed by atoms with Crippen LogP contribution in [0, 0.1) is 5.41 Å². The lowest BCUT2D eigenvalue weighted by molar-refractivity contribution is 0.261. The van der Waals surface area contributed by atoms with Crippen LogP contribution in [-0.4, -0.2) is 10.1 Å². The van der Waals surface area contributed by atoms with Gasteiger partial charge in [-0.2, -0.15) is 4.98 Å². The van der Waals surface area contributed by atoms with Crippen molar-refractivity contribution in [3.8, 4) is 0 Å². The smallest absolute Gasteiger partial charge is 0.230 e. The minimum atomic E-state index is 0.188. The van der Waals surface area contributed by atoms with E-state index in [1.165, 1.54) is 12.8 Å². The number of hydrogen-bond acceptors (Lipinski definition) is 3. The second-order valence-corrected chi connectivity index (χ2v) is 5.35. The van der Waals surface area contributed by atoms with Crippen LogP contribution in [-0.2, 0) is 0 Å². The largest absolute Gasteiger partial charge is 0.339 e. The topological polar surface area (TPSA) is 38.9 Å². The summed E-state index contributed by atoms with van der Waals surface area (Å²) in [5, 5.41) is 4.03. The van der Waals surface area contributed by atoms with E-state index in [1.54, 1.807) is 0 Å². The van der Waals surface area contributed by atoms with E-state index in [4.69, 9.17) is 4.52 Å². The molecule has 1 aliphatic rings. The van der Waals surface area contributed by atoms with E-state index in [0.29, 0.717) is 11.8 Å². The molecule has 0 amide bonds. The molecule has 1 atom stereocenters. The zero-order valence-electron chi connectivity index (χ0n) is 9.37. The van der Waals surface area contributed by atoms with Gasteiger partial charge in [-0.3, -0.25) is 0 Å². The first-order chi connectivity index (χ1) is 6.48. The van der Waals surface area contributed by atoms with E-state index >= 15 is 0 Å². The summed E-state index contributed by atoms with van der Waals surface area (Å²) in [6, 6.07) is 0. The highest BCUT2D eigenvalue weighted by Crippen LogP contribution is 2.40. The van der Waals surface area contributed by atoms with Crippen LogP contribution >= 0.6 is 0 Å². The number of aromatic nitrogens is 2. The summed E-state index contributed by atoms with van der Waals surface area (Å²) < 4.78 is 5.29. The molecule has 0 radical (unpaired) electrons. The van der Waals surface area contributed by atoms with Crippen LogP contribution in [0.3, 0.4) is 0 Å². The first-order valence-electron chi connectivity index (χ1n) is 5.32. The van der Waals surface area contributed by atoms with Gasteiger partial charge in [0.25, 0.3) is 0 Å². The zero-order valence-corrected chi connectivity index (χ0v) is 9.37. The minimum Gasteiger partial charge on any atom is -0.339 e. The molecule has 1 heterocycles. The summed E-state index contributed by atoms with van der Waals surface area (Å²) in [5.41, 5.74) is 0.188. The standard InChI is InChI=1S/C11H18N2O/c1-7(11(2,3)4)10-12-9(13-14-10)8-5-6-8/h7-8H,5-6H2,1-4H3. The maximum Gasteiger partial charge on any atom is 0.230 e. The van der Waals surface area contributed by atoms with Crippen molar-refractivity contribution in [2.75, 3.05) is 0 Å². The molecule has 2 rings (SSSR count). The molecule has 78 valence electrons. The Morgan fingerprint density at radius 1 is 1.36 bits per heavy atom. The molecule has 0 N–H and O–H groups in total. The van der Waals surface area contributed by atoms with E-state index in [2.05, 4.69) is 37.8 Å². The van der Waals surface area contributed by atoms with Gasteiger partial charge >= 0.3 is 0 Å². The van der Waals surface area contributed by atoms with Crippen molar-refractivity contribution < 1.29 is 4.52 Å². The van der Waals surface area contributed by atoms with Gasteiger partial charge in [-0.25, -0.2) is 0 Å². The maximum absolute atomic E-state index is 5.29. The van der Waals surface area contributed by atoms with Gasteiger partial charge in [-0.15, -0.1) is 0 Å². The monoisotopic (exact) mass is 194 g/mol. The summed E-state index contributed by atoms with van der Waals surface area (Å²) in [5.74, 6) is 2.61. The molecule has 0 saturated heterocycles. The van der Waals surface area contributed by atoms with Crippen molar-refractivity contribution in [1.29, 1.82) is 0 Å². The SMILES string of the molecule is CC(c1nc(C2CC2)no1)C(C)(C)C. The van der Waals surface area contributed by atoms with Gasteiger partial charge in [0.15, 0.2) is 5.82 Å². The fourth-order valence-electron chi connectivity index (χ4n) is 1.30. The molecule has 0 spiro atoms. The Bertz CT molecular complexity index is 320. The quantitative estimate of drug-likeness (QED) is 0.726. The first-order valence-corrected chi connectivity index (χ1v) is 5.32. The lowest BCUT2D eigenvalue weighted by Crippen LogP contribution is -2.15. The van der Waals surface area contributed by atoms with Crippen molar-refractivity contribution in [3.63, 3.8) is 0 Å². The summed E-state index contributed by atoms with van der Waals surface area (Å²) in [6.45, 7) is 8.72. The van der Waals surface area contributed by atoms with Crippen molar-refractivity contribution >= 4 is 0 Å². The predicted molar refractivity (Wildman–Crippen MR) is 54.1 cm³/mol. The van der Waals surface area contributed by atoms with Gasteiger partial charge in [0.1, 0.15) is 0 Å². The van der Waals surface area contributed by atoms with Crippen molar-refractivity contribution in [2.45, 2.75) is 52.4 Å². The van der Waals surface area contributed by atoms with E-state index in [9.17, 15) is 0 Å². The zero-order chi connectivity index (χ0) is 10.3. The highest BCUT2D eigenvalue weighted by Gasteiger charge is 2.32. The third-order valence-electron chi connectivity index (χ3n) is 3.07. The molecular weight excluding hydrogens is 176 g/mol. The summed E-state index contributed by atoms with van der Waals surface area (Å²) in [4.78, 5) is 4.46. The predicted octanol–water partition coefficient (Wildman–Crippen LogP) is 3.10. The Balaban J connectivity index is 2.15. The molecule has 1 aromatic heterocycles. The lowest BCUT2D eigenvalue weighted by Gasteiger charge is -2.23. The molecule has 1 aromatic rings. The molecular formula is C11H18N2O. The molecule has 3 heteroatoms. The summed E-state index contributed by atoms with van der Waals surface area (Å²) >= 11 is 0. The molecule has 3 nitrogen and oxygen atoms in total. The van der Waals surface area contributed by atoms with E-state index < -0.39 is 0 Å². The van der Waals surface area contributed by atoms with Crippen molar-refractivity contribution in [2.24, 2.45) is 5.41 Å². The fourth-order valence-corrected chi connectivity index (χ4v) is 1.30. The van der Waals surface area contributed by atoms with E-state index in [-0.39, 0.29) is 5.41 Å². The summed E-state index contributed by atoms with van der Waals surface area (Å²) in [7, 11) is 0. The Labute approximate surface area is 84.9 Å². The summed E-state index contributed by atoms with van der Waals surface area (Å²) in [6.07, 6.45) is 2.45. The normalized spacial score (nSPS) is 19.7. The Kier molecular flexibility index (Phi) is 2.13. The van der Waals surface area contributed by atoms with Crippen LogP contribution < -0.4 is 0 Å². The maximum atomic E-state index is 5.29. The molecule has 0 aromatic carbocycles. The highest BCUT2D eigenvalue weighted by molar-refractivity contribution is 5.06. The molecule has 1 saturated carbocycles. The van der Waals surface area contributed by atoms with Crippen molar-refractivity contribution in [1.82, 2.24) is 10.1 Å². The van der Waals surface area contributed by atoms with Gasteiger partial charge < -0.3 is 4.52 Å². The first kappa shape index (κ1) is 9.69. The van der Waals surface area contributed by atoms with Crippen LogP contribution in [0.1, 0.15) is 64.1 Å². The fraction of sp³-hybridized carbons (Fsp3) is 0.818. The van der Waals surface area contributed by atoms with Gasteiger partial charge in [0.2, 0.25) is 5.89 Å². The van der Waals surface area contributed by atoms with Gasteiger partial charge in [0.05, 0.1) is 0 Å². The Morgan fingerprint density at radius 2 is 2.00 bits per heavy atom. The number of rotatable bonds is 2. The molecule has 1 unspecified atom stereocenters. The second kappa shape index (κ2) is 3.07. The van der Waals surface area contributed by atoms with Crippen LogP contribution in [0.15, 0.2) is 4.52 Å². The van der Waals surface area contributed by atoms with Crippen LogP contribution in [0.4, 0.5) is 0 Å². The average molecular weight is 194 g/mol. The van der Waals surface area contributed by atoms with Gasteiger partial charge in [0, 0.05) is 11.8 Å². The van der Waals surface area contributed by atoms with Crippen LogP contribution in [0.5, 0.6) is 0 Å².